The Balaban J connectivity index is 1.85. The van der Waals surface area contributed by atoms with E-state index in [1.807, 2.05) is 12.1 Å². The summed E-state index contributed by atoms with van der Waals surface area (Å²) in [5, 5.41) is 2.39. The topological polar surface area (TPSA) is 26.3 Å². The van der Waals surface area contributed by atoms with Crippen molar-refractivity contribution in [1.82, 2.24) is 0 Å². The Morgan fingerprint density at radius 2 is 1.95 bits per heavy atom. The van der Waals surface area contributed by atoms with Gasteiger partial charge in [-0.2, -0.15) is 0 Å². The highest BCUT2D eigenvalue weighted by molar-refractivity contribution is 5.95. The maximum atomic E-state index is 12.0. The van der Waals surface area contributed by atoms with Crippen molar-refractivity contribution in [2.45, 2.75) is 32.8 Å². The Bertz CT molecular complexity index is 693. The molecule has 1 unspecified atom stereocenters. The Morgan fingerprint density at radius 3 is 2.71 bits per heavy atom. The van der Waals surface area contributed by atoms with Crippen LogP contribution in [-0.4, -0.2) is 5.97 Å². The molecule has 21 heavy (non-hydrogen) atoms. The van der Waals surface area contributed by atoms with Crippen molar-refractivity contribution < 1.29 is 9.53 Å². The molecular weight excluding hydrogens is 260 g/mol. The van der Waals surface area contributed by atoms with E-state index in [2.05, 4.69) is 50.3 Å². The highest BCUT2D eigenvalue weighted by atomic mass is 16.5. The molecule has 0 aliphatic heterocycles. The fourth-order valence-electron chi connectivity index (χ4n) is 2.78. The number of ether oxygens (including phenoxy) is 1. The smallest absolute Gasteiger partial charge is 0.306 e. The fourth-order valence-corrected chi connectivity index (χ4v) is 2.78. The summed E-state index contributed by atoms with van der Waals surface area (Å²) in [6, 6.07) is 12.4. The summed E-state index contributed by atoms with van der Waals surface area (Å²) in [4.78, 5) is 12.0. The normalized spacial score (nSPS) is 16.4. The number of esters is 1. The van der Waals surface area contributed by atoms with Gasteiger partial charge in [0, 0.05) is 12.0 Å². The average molecular weight is 280 g/mol. The van der Waals surface area contributed by atoms with Crippen LogP contribution in [0.4, 0.5) is 0 Å². The van der Waals surface area contributed by atoms with Crippen LogP contribution in [0.1, 0.15) is 43.9 Å². The number of carbonyl (C=O) groups excluding carboxylic acids is 1. The zero-order valence-electron chi connectivity index (χ0n) is 12.5. The molecule has 1 atom stereocenters. The van der Waals surface area contributed by atoms with Gasteiger partial charge >= 0.3 is 5.97 Å². The van der Waals surface area contributed by atoms with Crippen molar-refractivity contribution in [1.29, 1.82) is 0 Å². The standard InChI is InChI=1S/C19H20O2/c1-13(2)9-12-18(20)21-17-11-10-15-6-3-5-14-7-4-8-16(17)19(14)15/h3-8,10-11,13,17H,9,12H2,1-2H3. The molecule has 108 valence electrons. The van der Waals surface area contributed by atoms with Gasteiger partial charge < -0.3 is 4.74 Å². The summed E-state index contributed by atoms with van der Waals surface area (Å²) >= 11 is 0. The number of benzene rings is 2. The Kier molecular flexibility index (Phi) is 3.78. The first-order valence-electron chi connectivity index (χ1n) is 7.54. The summed E-state index contributed by atoms with van der Waals surface area (Å²) in [5.74, 6) is 0.401. The molecule has 0 fully saturated rings. The van der Waals surface area contributed by atoms with Crippen LogP contribution in [0.5, 0.6) is 0 Å². The van der Waals surface area contributed by atoms with E-state index in [9.17, 15) is 4.79 Å². The number of carbonyl (C=O) groups is 1. The predicted molar refractivity (Wildman–Crippen MR) is 85.9 cm³/mol. The third-order valence-electron chi connectivity index (χ3n) is 3.91. The Morgan fingerprint density at radius 1 is 1.19 bits per heavy atom. The van der Waals surface area contributed by atoms with Crippen molar-refractivity contribution in [3.05, 3.63) is 53.6 Å². The van der Waals surface area contributed by atoms with Gasteiger partial charge in [-0.25, -0.2) is 0 Å². The number of hydrogen-bond donors (Lipinski definition) is 0. The molecule has 1 aliphatic carbocycles. The molecule has 0 bridgehead atoms. The van der Waals surface area contributed by atoms with Crippen LogP contribution in [0.3, 0.4) is 0 Å². The van der Waals surface area contributed by atoms with Gasteiger partial charge in [-0.1, -0.05) is 56.3 Å². The average Bonchev–Trinajstić information content (AvgIpc) is 2.48. The summed E-state index contributed by atoms with van der Waals surface area (Å²) in [7, 11) is 0. The van der Waals surface area contributed by atoms with Crippen molar-refractivity contribution >= 4 is 22.8 Å². The molecule has 0 aromatic heterocycles. The minimum atomic E-state index is -0.261. The molecule has 0 saturated heterocycles. The monoisotopic (exact) mass is 280 g/mol. The summed E-state index contributed by atoms with van der Waals surface area (Å²) in [5.41, 5.74) is 2.28. The zero-order chi connectivity index (χ0) is 14.8. The van der Waals surface area contributed by atoms with Gasteiger partial charge in [0.05, 0.1) is 0 Å². The Labute approximate surface area is 125 Å². The van der Waals surface area contributed by atoms with Crippen LogP contribution in [0.2, 0.25) is 0 Å². The molecule has 2 aromatic carbocycles. The molecule has 0 saturated carbocycles. The SMILES string of the molecule is CC(C)CCC(=O)OC1C=Cc2cccc3cccc1c23. The quantitative estimate of drug-likeness (QED) is 0.745. The summed E-state index contributed by atoms with van der Waals surface area (Å²) in [6.07, 6.45) is 5.12. The third kappa shape index (κ3) is 2.85. The first-order valence-corrected chi connectivity index (χ1v) is 7.54. The first kappa shape index (κ1) is 13.9. The van der Waals surface area contributed by atoms with Crippen molar-refractivity contribution in [3.8, 4) is 0 Å². The van der Waals surface area contributed by atoms with E-state index < -0.39 is 0 Å². The van der Waals surface area contributed by atoms with Crippen molar-refractivity contribution in [2.24, 2.45) is 5.92 Å². The van der Waals surface area contributed by atoms with Crippen LogP contribution in [0.25, 0.3) is 16.8 Å². The second-order valence-corrected chi connectivity index (χ2v) is 5.99. The molecule has 0 amide bonds. The van der Waals surface area contributed by atoms with Crippen LogP contribution in [0.15, 0.2) is 42.5 Å². The van der Waals surface area contributed by atoms with Gasteiger partial charge in [-0.3, -0.25) is 4.79 Å². The highest BCUT2D eigenvalue weighted by Gasteiger charge is 2.20. The summed E-state index contributed by atoms with van der Waals surface area (Å²) in [6.45, 7) is 4.23. The molecule has 2 nitrogen and oxygen atoms in total. The zero-order valence-corrected chi connectivity index (χ0v) is 12.5. The lowest BCUT2D eigenvalue weighted by molar-refractivity contribution is -0.147. The van der Waals surface area contributed by atoms with Crippen LogP contribution >= 0.6 is 0 Å². The van der Waals surface area contributed by atoms with Crippen molar-refractivity contribution in [2.75, 3.05) is 0 Å². The second kappa shape index (κ2) is 5.72. The van der Waals surface area contributed by atoms with Gasteiger partial charge in [0.25, 0.3) is 0 Å². The fraction of sp³-hybridized carbons (Fsp3) is 0.316. The lowest BCUT2D eigenvalue weighted by Crippen LogP contribution is -2.12. The molecule has 0 radical (unpaired) electrons. The van der Waals surface area contributed by atoms with E-state index in [-0.39, 0.29) is 12.1 Å². The predicted octanol–water partition coefficient (Wildman–Crippen LogP) is 4.89. The largest absolute Gasteiger partial charge is 0.453 e. The maximum Gasteiger partial charge on any atom is 0.306 e. The van der Waals surface area contributed by atoms with E-state index in [1.165, 1.54) is 16.3 Å². The lowest BCUT2D eigenvalue weighted by Gasteiger charge is -2.21. The molecule has 2 heteroatoms. The van der Waals surface area contributed by atoms with Crippen molar-refractivity contribution in [3.63, 3.8) is 0 Å². The minimum absolute atomic E-state index is 0.116. The lowest BCUT2D eigenvalue weighted by atomic mass is 9.91. The number of rotatable bonds is 4. The van der Waals surface area contributed by atoms with E-state index in [0.717, 1.165) is 12.0 Å². The highest BCUT2D eigenvalue weighted by Crippen LogP contribution is 2.35. The number of hydrogen-bond acceptors (Lipinski definition) is 2. The minimum Gasteiger partial charge on any atom is -0.453 e. The molecule has 0 heterocycles. The van der Waals surface area contributed by atoms with Crippen LogP contribution in [-0.2, 0) is 9.53 Å². The van der Waals surface area contributed by atoms with E-state index in [0.29, 0.717) is 12.3 Å². The van der Waals surface area contributed by atoms with Crippen LogP contribution in [0, 0.1) is 5.92 Å². The Hall–Kier alpha value is -2.09. The second-order valence-electron chi connectivity index (χ2n) is 5.99. The van der Waals surface area contributed by atoms with Gasteiger partial charge in [-0.05, 0) is 34.8 Å². The molecular formula is C19H20O2. The molecule has 0 N–H and O–H groups in total. The van der Waals surface area contributed by atoms with E-state index >= 15 is 0 Å². The van der Waals surface area contributed by atoms with Crippen LogP contribution < -0.4 is 0 Å². The molecule has 3 rings (SSSR count). The van der Waals surface area contributed by atoms with Gasteiger partial charge in [0.1, 0.15) is 6.10 Å². The molecule has 2 aromatic rings. The van der Waals surface area contributed by atoms with Gasteiger partial charge in [0.15, 0.2) is 0 Å². The summed E-state index contributed by atoms with van der Waals surface area (Å²) < 4.78 is 5.66. The molecule has 1 aliphatic rings. The third-order valence-corrected chi connectivity index (χ3v) is 3.91. The first-order chi connectivity index (χ1) is 10.1. The molecule has 0 spiro atoms. The van der Waals surface area contributed by atoms with Gasteiger partial charge in [0.2, 0.25) is 0 Å². The van der Waals surface area contributed by atoms with E-state index in [1.54, 1.807) is 0 Å². The van der Waals surface area contributed by atoms with E-state index in [4.69, 9.17) is 4.74 Å². The van der Waals surface area contributed by atoms with Gasteiger partial charge in [-0.15, -0.1) is 0 Å². The maximum absolute atomic E-state index is 12.0.